The SMILES string of the molecule is C/C=C/C=C/C(=O)NCc1ccc(C(=O)O)o1. The molecule has 0 saturated carbocycles. The van der Waals surface area contributed by atoms with Gasteiger partial charge in [0.15, 0.2) is 0 Å². The number of hydrogen-bond donors (Lipinski definition) is 2. The fourth-order valence-electron chi connectivity index (χ4n) is 1.08. The molecule has 0 fully saturated rings. The Labute approximate surface area is 98.4 Å². The van der Waals surface area contributed by atoms with Crippen molar-refractivity contribution in [1.29, 1.82) is 0 Å². The largest absolute Gasteiger partial charge is 0.475 e. The lowest BCUT2D eigenvalue weighted by molar-refractivity contribution is -0.116. The van der Waals surface area contributed by atoms with Gasteiger partial charge >= 0.3 is 5.97 Å². The normalized spacial score (nSPS) is 11.1. The van der Waals surface area contributed by atoms with Gasteiger partial charge in [-0.3, -0.25) is 4.79 Å². The minimum absolute atomic E-state index is 0.140. The highest BCUT2D eigenvalue weighted by Gasteiger charge is 2.08. The molecule has 1 aromatic rings. The van der Waals surface area contributed by atoms with Crippen LogP contribution in [0.1, 0.15) is 23.2 Å². The first-order valence-electron chi connectivity index (χ1n) is 5.02. The lowest BCUT2D eigenvalue weighted by Crippen LogP contribution is -2.19. The summed E-state index contributed by atoms with van der Waals surface area (Å²) in [6.45, 7) is 2.00. The smallest absolute Gasteiger partial charge is 0.371 e. The zero-order chi connectivity index (χ0) is 12.7. The van der Waals surface area contributed by atoms with Crippen molar-refractivity contribution in [3.8, 4) is 0 Å². The zero-order valence-corrected chi connectivity index (χ0v) is 9.34. The summed E-state index contributed by atoms with van der Waals surface area (Å²) in [6, 6.07) is 2.86. The lowest BCUT2D eigenvalue weighted by atomic mass is 10.4. The van der Waals surface area contributed by atoms with Gasteiger partial charge in [-0.1, -0.05) is 18.2 Å². The lowest BCUT2D eigenvalue weighted by Gasteiger charge is -1.97. The first kappa shape index (κ1) is 12.8. The molecule has 0 unspecified atom stereocenters. The number of nitrogens with one attached hydrogen (secondary N) is 1. The zero-order valence-electron chi connectivity index (χ0n) is 9.34. The molecule has 1 amide bonds. The maximum absolute atomic E-state index is 11.2. The summed E-state index contributed by atoms with van der Waals surface area (Å²) in [5.74, 6) is -1.14. The third-order valence-electron chi connectivity index (χ3n) is 1.86. The number of aromatic carboxylic acids is 1. The van der Waals surface area contributed by atoms with Gasteiger partial charge < -0.3 is 14.8 Å². The quantitative estimate of drug-likeness (QED) is 0.601. The van der Waals surface area contributed by atoms with Crippen LogP contribution in [0.3, 0.4) is 0 Å². The van der Waals surface area contributed by atoms with Crippen LogP contribution >= 0.6 is 0 Å². The van der Waals surface area contributed by atoms with Gasteiger partial charge in [0.25, 0.3) is 0 Å². The van der Waals surface area contributed by atoms with E-state index in [4.69, 9.17) is 9.52 Å². The number of allylic oxidation sites excluding steroid dienone is 3. The molecule has 0 aliphatic rings. The van der Waals surface area contributed by atoms with Crippen LogP contribution in [0.5, 0.6) is 0 Å². The molecule has 0 saturated heterocycles. The molecule has 5 heteroatoms. The van der Waals surface area contributed by atoms with Crippen molar-refractivity contribution in [1.82, 2.24) is 5.32 Å². The summed E-state index contributed by atoms with van der Waals surface area (Å²) >= 11 is 0. The van der Waals surface area contributed by atoms with Gasteiger partial charge in [-0.2, -0.15) is 0 Å². The number of carbonyl (C=O) groups is 2. The third-order valence-corrected chi connectivity index (χ3v) is 1.86. The molecule has 1 rings (SSSR count). The summed E-state index contributed by atoms with van der Waals surface area (Å²) in [5, 5.41) is 11.2. The van der Waals surface area contributed by atoms with Crippen molar-refractivity contribution in [2.75, 3.05) is 0 Å². The predicted octanol–water partition coefficient (Wildman–Crippen LogP) is 1.73. The van der Waals surface area contributed by atoms with Crippen LogP contribution in [0.4, 0.5) is 0 Å². The number of hydrogen-bond acceptors (Lipinski definition) is 3. The van der Waals surface area contributed by atoms with Gasteiger partial charge in [0.05, 0.1) is 6.54 Å². The first-order valence-corrected chi connectivity index (χ1v) is 5.02. The van der Waals surface area contributed by atoms with E-state index in [1.807, 2.05) is 6.92 Å². The van der Waals surface area contributed by atoms with E-state index in [2.05, 4.69) is 5.32 Å². The van der Waals surface area contributed by atoms with Gasteiger partial charge in [0.1, 0.15) is 5.76 Å². The van der Waals surface area contributed by atoms with Gasteiger partial charge in [0.2, 0.25) is 11.7 Å². The Morgan fingerprint density at radius 2 is 2.18 bits per heavy atom. The van der Waals surface area contributed by atoms with E-state index in [9.17, 15) is 9.59 Å². The second-order valence-electron chi connectivity index (χ2n) is 3.17. The van der Waals surface area contributed by atoms with E-state index in [0.29, 0.717) is 5.76 Å². The molecule has 2 N–H and O–H groups in total. The summed E-state index contributed by atoms with van der Waals surface area (Å²) in [6.07, 6.45) is 6.52. The van der Waals surface area contributed by atoms with Crippen LogP contribution in [-0.4, -0.2) is 17.0 Å². The van der Waals surface area contributed by atoms with Crippen LogP contribution in [-0.2, 0) is 11.3 Å². The minimum Gasteiger partial charge on any atom is -0.475 e. The van der Waals surface area contributed by atoms with Gasteiger partial charge in [0, 0.05) is 6.08 Å². The molecule has 90 valence electrons. The molecule has 1 heterocycles. The molecule has 1 aromatic heterocycles. The summed E-state index contributed by atoms with van der Waals surface area (Å²) in [4.78, 5) is 21.8. The number of rotatable bonds is 5. The van der Waals surface area contributed by atoms with Crippen LogP contribution in [0, 0.1) is 0 Å². The Morgan fingerprint density at radius 1 is 1.41 bits per heavy atom. The number of furan rings is 1. The molecule has 17 heavy (non-hydrogen) atoms. The number of amides is 1. The summed E-state index contributed by atoms with van der Waals surface area (Å²) < 4.78 is 4.97. The predicted molar refractivity (Wildman–Crippen MR) is 61.5 cm³/mol. The van der Waals surface area contributed by atoms with E-state index < -0.39 is 5.97 Å². The fourth-order valence-corrected chi connectivity index (χ4v) is 1.08. The highest BCUT2D eigenvalue weighted by atomic mass is 16.4. The van der Waals surface area contributed by atoms with Crippen LogP contribution in [0.2, 0.25) is 0 Å². The van der Waals surface area contributed by atoms with Crippen molar-refractivity contribution in [2.24, 2.45) is 0 Å². The molecule has 0 bridgehead atoms. The van der Waals surface area contributed by atoms with Crippen LogP contribution < -0.4 is 5.32 Å². The Hall–Kier alpha value is -2.30. The topological polar surface area (TPSA) is 79.5 Å². The van der Waals surface area contributed by atoms with Gasteiger partial charge in [-0.15, -0.1) is 0 Å². The van der Waals surface area contributed by atoms with Crippen molar-refractivity contribution in [3.63, 3.8) is 0 Å². The summed E-state index contributed by atoms with van der Waals surface area (Å²) in [7, 11) is 0. The Bertz CT molecular complexity index is 457. The number of carboxylic acids is 1. The van der Waals surface area contributed by atoms with Gasteiger partial charge in [-0.25, -0.2) is 4.79 Å². The monoisotopic (exact) mass is 235 g/mol. The van der Waals surface area contributed by atoms with Crippen molar-refractivity contribution in [2.45, 2.75) is 13.5 Å². The van der Waals surface area contributed by atoms with E-state index in [1.54, 1.807) is 18.2 Å². The van der Waals surface area contributed by atoms with E-state index in [1.165, 1.54) is 18.2 Å². The second kappa shape index (κ2) is 6.32. The van der Waals surface area contributed by atoms with Crippen molar-refractivity contribution < 1.29 is 19.1 Å². The van der Waals surface area contributed by atoms with Crippen LogP contribution in [0.25, 0.3) is 0 Å². The third kappa shape index (κ3) is 4.38. The van der Waals surface area contributed by atoms with Crippen LogP contribution in [0.15, 0.2) is 40.9 Å². The number of carbonyl (C=O) groups excluding carboxylic acids is 1. The van der Waals surface area contributed by atoms with E-state index in [0.717, 1.165) is 0 Å². The van der Waals surface area contributed by atoms with E-state index >= 15 is 0 Å². The molecular weight excluding hydrogens is 222 g/mol. The molecule has 0 aromatic carbocycles. The molecule has 0 atom stereocenters. The molecule has 5 nitrogen and oxygen atoms in total. The first-order chi connectivity index (χ1) is 8.13. The highest BCUT2D eigenvalue weighted by molar-refractivity contribution is 5.87. The molecule has 0 spiro atoms. The average molecular weight is 235 g/mol. The second-order valence-corrected chi connectivity index (χ2v) is 3.17. The Kier molecular flexibility index (Phi) is 4.75. The standard InChI is InChI=1S/C12H13NO4/c1-2-3-4-5-11(14)13-8-9-6-7-10(17-9)12(15)16/h2-7H,8H2,1H3,(H,13,14)(H,15,16)/b3-2+,5-4+. The molecule has 0 aliphatic heterocycles. The maximum Gasteiger partial charge on any atom is 0.371 e. The Morgan fingerprint density at radius 3 is 2.76 bits per heavy atom. The number of carboxylic acid groups (broad SMARTS) is 1. The Balaban J connectivity index is 2.44. The van der Waals surface area contributed by atoms with Gasteiger partial charge in [-0.05, 0) is 19.1 Å². The fraction of sp³-hybridized carbons (Fsp3) is 0.167. The maximum atomic E-state index is 11.2. The minimum atomic E-state index is -1.13. The average Bonchev–Trinajstić information content (AvgIpc) is 2.75. The van der Waals surface area contributed by atoms with Crippen molar-refractivity contribution >= 4 is 11.9 Å². The summed E-state index contributed by atoms with van der Waals surface area (Å²) in [5.41, 5.74) is 0. The molecule has 0 aliphatic carbocycles. The molecular formula is C12H13NO4. The molecule has 0 radical (unpaired) electrons. The van der Waals surface area contributed by atoms with E-state index in [-0.39, 0.29) is 18.2 Å². The highest BCUT2D eigenvalue weighted by Crippen LogP contribution is 2.07. The van der Waals surface area contributed by atoms with Crippen molar-refractivity contribution in [3.05, 3.63) is 48.0 Å².